The first-order valence-electron chi connectivity index (χ1n) is 7.13. The van der Waals surface area contributed by atoms with Gasteiger partial charge >= 0.3 is 0 Å². The lowest BCUT2D eigenvalue weighted by Crippen LogP contribution is -2.32. The molecule has 1 fully saturated rings. The maximum Gasteiger partial charge on any atom is 0.127 e. The molecule has 2 nitrogen and oxygen atoms in total. The summed E-state index contributed by atoms with van der Waals surface area (Å²) in [5.74, 6) is -0.133. The van der Waals surface area contributed by atoms with Gasteiger partial charge in [-0.2, -0.15) is 0 Å². The van der Waals surface area contributed by atoms with E-state index in [0.29, 0.717) is 6.54 Å². The van der Waals surface area contributed by atoms with Gasteiger partial charge in [0.05, 0.1) is 0 Å². The summed E-state index contributed by atoms with van der Waals surface area (Å²) in [6.45, 7) is 5.21. The molecule has 1 aliphatic heterocycles. The molecular weight excluding hydrogens is 307 g/mol. The fourth-order valence-corrected chi connectivity index (χ4v) is 2.92. The highest BCUT2D eigenvalue weighted by atomic mass is 79.9. The highest BCUT2D eigenvalue weighted by Crippen LogP contribution is 2.15. The van der Waals surface area contributed by atoms with Crippen LogP contribution in [0.3, 0.4) is 0 Å². The van der Waals surface area contributed by atoms with E-state index in [4.69, 9.17) is 0 Å². The topological polar surface area (TPSA) is 15.3 Å². The maximum absolute atomic E-state index is 13.5. The SMILES string of the molecule is Fc1ccc(Br)cc1CNCCCN1CCCCC1. The van der Waals surface area contributed by atoms with Crippen LogP contribution in [0.1, 0.15) is 31.2 Å². The number of hydrogen-bond acceptors (Lipinski definition) is 2. The number of benzene rings is 1. The van der Waals surface area contributed by atoms with Crippen molar-refractivity contribution >= 4 is 15.9 Å². The van der Waals surface area contributed by atoms with Crippen molar-refractivity contribution in [3.05, 3.63) is 34.1 Å². The van der Waals surface area contributed by atoms with E-state index in [0.717, 1.165) is 29.5 Å². The Morgan fingerprint density at radius 1 is 1.21 bits per heavy atom. The summed E-state index contributed by atoms with van der Waals surface area (Å²) >= 11 is 3.37. The fourth-order valence-electron chi connectivity index (χ4n) is 2.51. The number of halogens is 2. The van der Waals surface area contributed by atoms with Crippen LogP contribution in [-0.2, 0) is 6.54 Å². The number of nitrogens with one attached hydrogen (secondary N) is 1. The lowest BCUT2D eigenvalue weighted by atomic mass is 10.1. The monoisotopic (exact) mass is 328 g/mol. The quantitative estimate of drug-likeness (QED) is 0.803. The van der Waals surface area contributed by atoms with E-state index in [2.05, 4.69) is 26.1 Å². The summed E-state index contributed by atoms with van der Waals surface area (Å²) in [4.78, 5) is 2.53. The summed E-state index contributed by atoms with van der Waals surface area (Å²) in [6.07, 6.45) is 5.21. The van der Waals surface area contributed by atoms with Gasteiger partial charge in [0.1, 0.15) is 5.82 Å². The van der Waals surface area contributed by atoms with E-state index in [1.165, 1.54) is 38.4 Å². The van der Waals surface area contributed by atoms with Crippen LogP contribution < -0.4 is 5.32 Å². The first kappa shape index (κ1) is 14.9. The van der Waals surface area contributed by atoms with Gasteiger partial charge in [-0.1, -0.05) is 22.4 Å². The molecule has 0 unspecified atom stereocenters. The van der Waals surface area contributed by atoms with Gasteiger partial charge < -0.3 is 10.2 Å². The summed E-state index contributed by atoms with van der Waals surface area (Å²) in [6, 6.07) is 5.08. The smallest absolute Gasteiger partial charge is 0.127 e. The van der Waals surface area contributed by atoms with E-state index in [1.807, 2.05) is 6.07 Å². The van der Waals surface area contributed by atoms with Crippen molar-refractivity contribution in [3.8, 4) is 0 Å². The molecule has 0 aliphatic carbocycles. The van der Waals surface area contributed by atoms with Gasteiger partial charge in [0.25, 0.3) is 0 Å². The Hall–Kier alpha value is -0.450. The molecule has 1 heterocycles. The average Bonchev–Trinajstić information content (AvgIpc) is 2.43. The summed E-state index contributed by atoms with van der Waals surface area (Å²) in [5, 5.41) is 3.32. The largest absolute Gasteiger partial charge is 0.313 e. The molecule has 0 spiro atoms. The zero-order valence-corrected chi connectivity index (χ0v) is 12.9. The highest BCUT2D eigenvalue weighted by Gasteiger charge is 2.08. The van der Waals surface area contributed by atoms with Gasteiger partial charge in [-0.15, -0.1) is 0 Å². The number of rotatable bonds is 6. The molecular formula is C15H22BrFN2. The summed E-state index contributed by atoms with van der Waals surface area (Å²) < 4.78 is 14.4. The Morgan fingerprint density at radius 3 is 2.79 bits per heavy atom. The molecule has 19 heavy (non-hydrogen) atoms. The van der Waals surface area contributed by atoms with Gasteiger partial charge in [-0.3, -0.25) is 0 Å². The van der Waals surface area contributed by atoms with Gasteiger partial charge in [0, 0.05) is 16.6 Å². The normalized spacial score (nSPS) is 16.7. The van der Waals surface area contributed by atoms with Crippen molar-refractivity contribution in [1.29, 1.82) is 0 Å². The van der Waals surface area contributed by atoms with Crippen molar-refractivity contribution in [2.75, 3.05) is 26.2 Å². The standard InChI is InChI=1S/C15H22BrFN2/c16-14-5-6-15(17)13(11-14)12-18-7-4-10-19-8-2-1-3-9-19/h5-6,11,18H,1-4,7-10,12H2. The average molecular weight is 329 g/mol. The van der Waals surface area contributed by atoms with Crippen molar-refractivity contribution < 1.29 is 4.39 Å². The predicted molar refractivity (Wildman–Crippen MR) is 80.7 cm³/mol. The van der Waals surface area contributed by atoms with E-state index in [1.54, 1.807) is 6.07 Å². The van der Waals surface area contributed by atoms with Crippen molar-refractivity contribution in [2.45, 2.75) is 32.2 Å². The number of hydrogen-bond donors (Lipinski definition) is 1. The number of piperidine rings is 1. The van der Waals surface area contributed by atoms with Gasteiger partial charge in [0.15, 0.2) is 0 Å². The van der Waals surface area contributed by atoms with E-state index in [9.17, 15) is 4.39 Å². The lowest BCUT2D eigenvalue weighted by molar-refractivity contribution is 0.225. The lowest BCUT2D eigenvalue weighted by Gasteiger charge is -2.26. The van der Waals surface area contributed by atoms with Crippen LogP contribution in [0.4, 0.5) is 4.39 Å². The van der Waals surface area contributed by atoms with Crippen molar-refractivity contribution in [1.82, 2.24) is 10.2 Å². The third-order valence-corrected chi connectivity index (χ3v) is 4.09. The van der Waals surface area contributed by atoms with Gasteiger partial charge in [0.2, 0.25) is 0 Å². The van der Waals surface area contributed by atoms with E-state index >= 15 is 0 Å². The Morgan fingerprint density at radius 2 is 2.00 bits per heavy atom. The second-order valence-corrected chi connectivity index (χ2v) is 6.08. The molecule has 1 aromatic rings. The van der Waals surface area contributed by atoms with E-state index in [-0.39, 0.29) is 5.82 Å². The molecule has 106 valence electrons. The molecule has 0 radical (unpaired) electrons. The zero-order valence-electron chi connectivity index (χ0n) is 11.3. The van der Waals surface area contributed by atoms with Crippen LogP contribution >= 0.6 is 15.9 Å². The Kier molecular flexibility index (Phi) is 6.28. The second kappa shape index (κ2) is 7.98. The molecule has 0 aromatic heterocycles. The third kappa shape index (κ3) is 5.21. The Balaban J connectivity index is 1.62. The van der Waals surface area contributed by atoms with Crippen LogP contribution in [-0.4, -0.2) is 31.1 Å². The van der Waals surface area contributed by atoms with Crippen LogP contribution in [0.15, 0.2) is 22.7 Å². The number of likely N-dealkylation sites (tertiary alicyclic amines) is 1. The minimum atomic E-state index is -0.133. The molecule has 0 amide bonds. The van der Waals surface area contributed by atoms with Crippen molar-refractivity contribution in [3.63, 3.8) is 0 Å². The second-order valence-electron chi connectivity index (χ2n) is 5.17. The summed E-state index contributed by atoms with van der Waals surface area (Å²) in [7, 11) is 0. The van der Waals surface area contributed by atoms with Crippen LogP contribution in [0, 0.1) is 5.82 Å². The molecule has 4 heteroatoms. The zero-order chi connectivity index (χ0) is 13.5. The molecule has 1 aromatic carbocycles. The maximum atomic E-state index is 13.5. The summed E-state index contributed by atoms with van der Waals surface area (Å²) in [5.41, 5.74) is 0.729. The van der Waals surface area contributed by atoms with Crippen molar-refractivity contribution in [2.24, 2.45) is 0 Å². The number of nitrogens with zero attached hydrogens (tertiary/aromatic N) is 1. The van der Waals surface area contributed by atoms with Crippen LogP contribution in [0.5, 0.6) is 0 Å². The predicted octanol–water partition coefficient (Wildman–Crippen LogP) is 3.55. The minimum Gasteiger partial charge on any atom is -0.313 e. The Labute approximate surface area is 123 Å². The molecule has 2 rings (SSSR count). The third-order valence-electron chi connectivity index (χ3n) is 3.60. The Bertz CT molecular complexity index is 392. The minimum absolute atomic E-state index is 0.133. The molecule has 0 saturated carbocycles. The van der Waals surface area contributed by atoms with Crippen LogP contribution in [0.2, 0.25) is 0 Å². The van der Waals surface area contributed by atoms with E-state index < -0.39 is 0 Å². The fraction of sp³-hybridized carbons (Fsp3) is 0.600. The molecule has 1 aliphatic rings. The van der Waals surface area contributed by atoms with Gasteiger partial charge in [-0.25, -0.2) is 4.39 Å². The first-order valence-corrected chi connectivity index (χ1v) is 7.92. The molecule has 0 bridgehead atoms. The molecule has 1 saturated heterocycles. The molecule has 0 atom stereocenters. The highest BCUT2D eigenvalue weighted by molar-refractivity contribution is 9.10. The van der Waals surface area contributed by atoms with Gasteiger partial charge in [-0.05, 0) is 63.6 Å². The first-order chi connectivity index (χ1) is 9.25. The van der Waals surface area contributed by atoms with Crippen LogP contribution in [0.25, 0.3) is 0 Å². The molecule has 1 N–H and O–H groups in total.